The Hall–Kier alpha value is -1.94. The van der Waals surface area contributed by atoms with Gasteiger partial charge in [0.2, 0.25) is 0 Å². The van der Waals surface area contributed by atoms with E-state index in [9.17, 15) is 43.2 Å². The minimum Gasteiger partial charge on any atom is -0.462 e. The predicted octanol–water partition coefficient (Wildman–Crippen LogP) is 23.3. The van der Waals surface area contributed by atoms with Crippen LogP contribution in [0.2, 0.25) is 0 Å². The fourth-order valence-corrected chi connectivity index (χ4v) is 13.6. The molecule has 0 saturated carbocycles. The molecule has 0 fully saturated rings. The third-order valence-electron chi connectivity index (χ3n) is 18.3. The topological polar surface area (TPSA) is 237 Å². The van der Waals surface area contributed by atoms with E-state index in [0.29, 0.717) is 25.7 Å². The fraction of sp³-hybridized carbons (Fsp3) is 0.949. The second kappa shape index (κ2) is 71.1. The number of unbranched alkanes of at least 4 members (excludes halogenated alkanes) is 50. The number of phosphoric acid groups is 2. The van der Waals surface area contributed by atoms with Gasteiger partial charge < -0.3 is 33.8 Å². The Morgan fingerprint density at radius 3 is 0.701 bits per heavy atom. The van der Waals surface area contributed by atoms with Gasteiger partial charge in [0.15, 0.2) is 12.2 Å². The predicted molar refractivity (Wildman–Crippen MR) is 395 cm³/mol. The molecule has 0 radical (unpaired) electrons. The lowest BCUT2D eigenvalue weighted by molar-refractivity contribution is -0.161. The van der Waals surface area contributed by atoms with Crippen molar-refractivity contribution in [1.82, 2.24) is 0 Å². The number of carbonyl (C=O) groups is 4. The highest BCUT2D eigenvalue weighted by molar-refractivity contribution is 7.47. The quantitative estimate of drug-likeness (QED) is 0.0222. The standard InChI is InChI=1S/C78H152O17P2/c1-6-9-12-15-17-19-21-23-25-27-29-31-33-35-40-44-48-53-58-64-78(83)95-74(68-89-76(81)62-57-52-47-43-39-34-32-30-28-26-24-22-20-18-16-13-10-7-2)70-93-97(86,87)91-66-72(79)65-90-96(84,85)92-69-73(67-88-75(80)61-56-50-14-11-8-3)94-77(82)63-59-54-49-45-41-37-36-38-42-46-51-55-60-71(4)5/h71-74,79H,6-70H2,1-5H3,(H,84,85)(H,86,87)/t72-,73+,74+/m0/s1. The van der Waals surface area contributed by atoms with Crippen LogP contribution in [-0.4, -0.2) is 96.7 Å². The molecule has 0 aromatic rings. The summed E-state index contributed by atoms with van der Waals surface area (Å²) >= 11 is 0. The van der Waals surface area contributed by atoms with Crippen molar-refractivity contribution in [3.63, 3.8) is 0 Å². The summed E-state index contributed by atoms with van der Waals surface area (Å²) in [7, 11) is -9.90. The summed E-state index contributed by atoms with van der Waals surface area (Å²) in [6.07, 6.45) is 61.5. The zero-order valence-corrected chi connectivity index (χ0v) is 65.0. The summed E-state index contributed by atoms with van der Waals surface area (Å²) < 4.78 is 68.4. The number of hydrogen-bond donors (Lipinski definition) is 3. The van der Waals surface area contributed by atoms with E-state index in [1.807, 2.05) is 0 Å². The molecule has 5 atom stereocenters. The van der Waals surface area contributed by atoms with Gasteiger partial charge in [0.1, 0.15) is 19.3 Å². The van der Waals surface area contributed by atoms with Crippen molar-refractivity contribution in [1.29, 1.82) is 0 Å². The van der Waals surface area contributed by atoms with Crippen molar-refractivity contribution in [3.8, 4) is 0 Å². The van der Waals surface area contributed by atoms with Crippen molar-refractivity contribution < 1.29 is 80.2 Å². The highest BCUT2D eigenvalue weighted by Crippen LogP contribution is 2.45. The average molecular weight is 1420 g/mol. The molecule has 0 spiro atoms. The SMILES string of the molecule is CCCCCCCCCCCCCCCCCCCCCC(=O)O[C@H](COC(=O)CCCCCCCCCCCCCCCCCCCC)COP(=O)(O)OC[C@@H](O)COP(=O)(O)OC[C@@H](COC(=O)CCCCCCC)OC(=O)CCCCCCCCCCCCCCC(C)C. The molecule has 0 aromatic carbocycles. The van der Waals surface area contributed by atoms with E-state index >= 15 is 0 Å². The lowest BCUT2D eigenvalue weighted by Crippen LogP contribution is -2.30. The molecule has 0 aliphatic heterocycles. The Morgan fingerprint density at radius 2 is 0.474 bits per heavy atom. The molecule has 19 heteroatoms. The summed E-state index contributed by atoms with van der Waals surface area (Å²) in [4.78, 5) is 72.6. The second-order valence-electron chi connectivity index (χ2n) is 28.6. The molecule has 2 unspecified atom stereocenters. The Bertz CT molecular complexity index is 1860. The van der Waals surface area contributed by atoms with Gasteiger partial charge in [0, 0.05) is 25.7 Å². The summed E-state index contributed by atoms with van der Waals surface area (Å²) in [5, 5.41) is 10.6. The Balaban J connectivity index is 5.13. The van der Waals surface area contributed by atoms with Gasteiger partial charge >= 0.3 is 39.5 Å². The zero-order chi connectivity index (χ0) is 71.2. The molecule has 0 rings (SSSR count). The van der Waals surface area contributed by atoms with E-state index in [0.717, 1.165) is 102 Å². The van der Waals surface area contributed by atoms with Crippen LogP contribution < -0.4 is 0 Å². The van der Waals surface area contributed by atoms with Crippen LogP contribution in [0.25, 0.3) is 0 Å². The van der Waals surface area contributed by atoms with E-state index in [2.05, 4.69) is 34.6 Å². The third-order valence-corrected chi connectivity index (χ3v) is 20.2. The first-order valence-corrected chi connectivity index (χ1v) is 43.6. The molecule has 3 N–H and O–H groups in total. The molecule has 0 bridgehead atoms. The number of rotatable bonds is 78. The average Bonchev–Trinajstić information content (AvgIpc) is 1.86. The van der Waals surface area contributed by atoms with Gasteiger partial charge in [-0.25, -0.2) is 9.13 Å². The van der Waals surface area contributed by atoms with E-state index in [4.69, 9.17) is 37.0 Å². The van der Waals surface area contributed by atoms with Gasteiger partial charge in [-0.15, -0.1) is 0 Å². The zero-order valence-electron chi connectivity index (χ0n) is 63.2. The Morgan fingerprint density at radius 1 is 0.278 bits per heavy atom. The maximum atomic E-state index is 13.1. The number of esters is 4. The van der Waals surface area contributed by atoms with Crippen LogP contribution >= 0.6 is 15.6 Å². The molecule has 0 amide bonds. The molecule has 576 valence electrons. The van der Waals surface area contributed by atoms with E-state index in [-0.39, 0.29) is 25.7 Å². The number of ether oxygens (including phenoxy) is 4. The monoisotopic (exact) mass is 1420 g/mol. The number of hydrogen-bond acceptors (Lipinski definition) is 15. The second-order valence-corrected chi connectivity index (χ2v) is 31.5. The van der Waals surface area contributed by atoms with Crippen LogP contribution in [0.4, 0.5) is 0 Å². The molecular formula is C78H152O17P2. The number of phosphoric ester groups is 2. The maximum absolute atomic E-state index is 13.1. The van der Waals surface area contributed by atoms with Crippen molar-refractivity contribution in [2.75, 3.05) is 39.6 Å². The van der Waals surface area contributed by atoms with E-state index < -0.39 is 97.5 Å². The molecule has 0 aliphatic carbocycles. The largest absolute Gasteiger partial charge is 0.472 e. The number of carbonyl (C=O) groups excluding carboxylic acids is 4. The van der Waals surface area contributed by atoms with Gasteiger partial charge in [-0.05, 0) is 31.6 Å². The van der Waals surface area contributed by atoms with Crippen LogP contribution in [0.15, 0.2) is 0 Å². The summed E-state index contributed by atoms with van der Waals surface area (Å²) in [6, 6.07) is 0. The van der Waals surface area contributed by atoms with Crippen molar-refractivity contribution in [3.05, 3.63) is 0 Å². The molecule has 0 saturated heterocycles. The highest BCUT2D eigenvalue weighted by atomic mass is 31.2. The molecule has 0 aliphatic rings. The van der Waals surface area contributed by atoms with Gasteiger partial charge in [0.05, 0.1) is 26.4 Å². The molecule has 17 nitrogen and oxygen atoms in total. The Kier molecular flexibility index (Phi) is 69.6. The smallest absolute Gasteiger partial charge is 0.462 e. The van der Waals surface area contributed by atoms with Gasteiger partial charge in [0.25, 0.3) is 0 Å². The van der Waals surface area contributed by atoms with Crippen LogP contribution in [0.5, 0.6) is 0 Å². The molecule has 97 heavy (non-hydrogen) atoms. The fourth-order valence-electron chi connectivity index (χ4n) is 12.1. The minimum atomic E-state index is -4.96. The van der Waals surface area contributed by atoms with Gasteiger partial charge in [-0.3, -0.25) is 37.3 Å². The summed E-state index contributed by atoms with van der Waals surface area (Å²) in [5.41, 5.74) is 0. The number of aliphatic hydroxyl groups is 1. The maximum Gasteiger partial charge on any atom is 0.472 e. The first-order valence-electron chi connectivity index (χ1n) is 40.6. The lowest BCUT2D eigenvalue weighted by Gasteiger charge is -2.21. The molecule has 0 aromatic heterocycles. The highest BCUT2D eigenvalue weighted by Gasteiger charge is 2.30. The van der Waals surface area contributed by atoms with Crippen LogP contribution in [-0.2, 0) is 65.4 Å². The van der Waals surface area contributed by atoms with Gasteiger partial charge in [-0.1, -0.05) is 362 Å². The van der Waals surface area contributed by atoms with Crippen molar-refractivity contribution in [2.45, 2.75) is 432 Å². The van der Waals surface area contributed by atoms with Crippen molar-refractivity contribution in [2.24, 2.45) is 5.92 Å². The van der Waals surface area contributed by atoms with E-state index in [1.54, 1.807) is 0 Å². The first kappa shape index (κ1) is 95.1. The first-order chi connectivity index (χ1) is 47.0. The van der Waals surface area contributed by atoms with Crippen LogP contribution in [0.3, 0.4) is 0 Å². The van der Waals surface area contributed by atoms with Crippen LogP contribution in [0, 0.1) is 5.92 Å². The summed E-state index contributed by atoms with van der Waals surface area (Å²) in [5.74, 6) is -1.35. The lowest BCUT2D eigenvalue weighted by atomic mass is 10.0. The van der Waals surface area contributed by atoms with Crippen molar-refractivity contribution >= 4 is 39.5 Å². The molecule has 0 heterocycles. The molecular weight excluding hydrogens is 1270 g/mol. The normalized spacial score (nSPS) is 13.9. The third kappa shape index (κ3) is 72.2. The van der Waals surface area contributed by atoms with Crippen LogP contribution in [0.1, 0.15) is 413 Å². The summed E-state index contributed by atoms with van der Waals surface area (Å²) in [6.45, 7) is 7.23. The van der Waals surface area contributed by atoms with Gasteiger partial charge in [-0.2, -0.15) is 0 Å². The number of aliphatic hydroxyl groups excluding tert-OH is 1. The van der Waals surface area contributed by atoms with E-state index in [1.165, 1.54) is 231 Å². The Labute approximate surface area is 594 Å². The minimum absolute atomic E-state index is 0.106.